The van der Waals surface area contributed by atoms with E-state index in [2.05, 4.69) is 57.2 Å². The van der Waals surface area contributed by atoms with Crippen molar-refractivity contribution in [3.8, 4) is 0 Å². The van der Waals surface area contributed by atoms with Gasteiger partial charge in [0.05, 0.1) is 26.4 Å². The van der Waals surface area contributed by atoms with Crippen molar-refractivity contribution in [2.75, 3.05) is 40.6 Å². The fraction of sp³-hybridized carbons (Fsp3) is 0.333. The summed E-state index contributed by atoms with van der Waals surface area (Å²) in [7, 11) is 3.30. The van der Waals surface area contributed by atoms with Crippen molar-refractivity contribution < 1.29 is 14.2 Å². The Balaban J connectivity index is 0.000000375. The molecule has 3 nitrogen and oxygen atoms in total. The Bertz CT molecular complexity index is 590. The van der Waals surface area contributed by atoms with Crippen LogP contribution in [0.3, 0.4) is 0 Å². The second-order valence-electron chi connectivity index (χ2n) is 6.56. The minimum absolute atomic E-state index is 0.653. The Morgan fingerprint density at radius 2 is 0.700 bits per heavy atom. The maximum atomic E-state index is 5.06. The zero-order valence-corrected chi connectivity index (χ0v) is 19.2. The van der Waals surface area contributed by atoms with Crippen LogP contribution in [0.4, 0.5) is 0 Å². The third kappa shape index (κ3) is 20.3. The van der Waals surface area contributed by atoms with E-state index in [1.807, 2.05) is 54.6 Å². The van der Waals surface area contributed by atoms with E-state index < -0.39 is 0 Å². The predicted molar refractivity (Wildman–Crippen MR) is 128 cm³/mol. The first-order valence-electron chi connectivity index (χ1n) is 10.2. The van der Waals surface area contributed by atoms with Crippen LogP contribution in [0.1, 0.15) is 16.7 Å². The van der Waals surface area contributed by atoms with Gasteiger partial charge in [0.2, 0.25) is 0 Å². The molecule has 0 bridgehead atoms. The average Bonchev–Trinajstić information content (AvgIpc) is 2.77. The van der Waals surface area contributed by atoms with E-state index in [0.29, 0.717) is 26.4 Å². The van der Waals surface area contributed by atoms with Crippen LogP contribution in [0.25, 0.3) is 0 Å². The molecule has 3 aromatic carbocycles. The van der Waals surface area contributed by atoms with Crippen molar-refractivity contribution in [1.29, 1.82) is 0 Å². The monoisotopic (exact) mass is 410 g/mol. The molecular weight excluding hydrogens is 372 g/mol. The van der Waals surface area contributed by atoms with Crippen LogP contribution in [0, 0.1) is 20.8 Å². The first-order valence-corrected chi connectivity index (χ1v) is 10.2. The van der Waals surface area contributed by atoms with Crippen LogP contribution < -0.4 is 0 Å². The fourth-order valence-corrected chi connectivity index (χ4v) is 1.99. The van der Waals surface area contributed by atoms with Gasteiger partial charge in [-0.25, -0.2) is 0 Å². The summed E-state index contributed by atoms with van der Waals surface area (Å²) in [5, 5.41) is 0. The normalized spacial score (nSPS) is 9.10. The lowest BCUT2D eigenvalue weighted by molar-refractivity contribution is 0.0385. The Hall–Kier alpha value is -2.46. The Morgan fingerprint density at radius 3 is 0.867 bits per heavy atom. The van der Waals surface area contributed by atoms with Crippen molar-refractivity contribution in [2.24, 2.45) is 0 Å². The largest absolute Gasteiger partial charge is 0.382 e. The van der Waals surface area contributed by atoms with Crippen molar-refractivity contribution in [1.82, 2.24) is 0 Å². The zero-order valence-electron chi connectivity index (χ0n) is 19.2. The zero-order chi connectivity index (χ0) is 22.3. The molecule has 0 fully saturated rings. The van der Waals surface area contributed by atoms with Gasteiger partial charge in [0.25, 0.3) is 0 Å². The number of methoxy groups -OCH3 is 2. The number of rotatable bonds is 6. The van der Waals surface area contributed by atoms with E-state index in [0.717, 1.165) is 0 Å². The van der Waals surface area contributed by atoms with E-state index >= 15 is 0 Å². The van der Waals surface area contributed by atoms with Gasteiger partial charge in [-0.3, -0.25) is 0 Å². The van der Waals surface area contributed by atoms with Gasteiger partial charge in [-0.05, 0) is 20.8 Å². The molecule has 0 aliphatic carbocycles. The Kier molecular flexibility index (Phi) is 19.5. The summed E-state index contributed by atoms with van der Waals surface area (Å²) in [6.45, 7) is 8.87. The topological polar surface area (TPSA) is 27.7 Å². The molecule has 0 atom stereocenters. The minimum Gasteiger partial charge on any atom is -0.382 e. The van der Waals surface area contributed by atoms with Gasteiger partial charge in [-0.2, -0.15) is 0 Å². The maximum absolute atomic E-state index is 5.06. The lowest BCUT2D eigenvalue weighted by Crippen LogP contribution is -2.06. The molecule has 0 aromatic heterocycles. The molecule has 0 aliphatic rings. The molecule has 0 aliphatic heterocycles. The van der Waals surface area contributed by atoms with Crippen LogP contribution >= 0.6 is 0 Å². The number of ether oxygens (including phenoxy) is 3. The van der Waals surface area contributed by atoms with E-state index in [9.17, 15) is 0 Å². The van der Waals surface area contributed by atoms with Crippen molar-refractivity contribution in [2.45, 2.75) is 20.8 Å². The number of hydrogen-bond acceptors (Lipinski definition) is 3. The van der Waals surface area contributed by atoms with Gasteiger partial charge in [-0.1, -0.05) is 108 Å². The standard InChI is InChI=1S/3C7H8.C6H14O3/c3*1-7-5-3-2-4-6-7;1-7-3-5-9-6-4-8-2/h3*2-6H,1H3;3-6H2,1-2H3. The molecule has 0 saturated carbocycles. The highest BCUT2D eigenvalue weighted by Crippen LogP contribution is 1.93. The van der Waals surface area contributed by atoms with Crippen LogP contribution in [0.15, 0.2) is 91.0 Å². The predicted octanol–water partition coefficient (Wildman–Crippen LogP) is 6.28. The second kappa shape index (κ2) is 21.3. The number of aryl methyl sites for hydroxylation is 3. The third-order valence-electron chi connectivity index (χ3n) is 3.68. The van der Waals surface area contributed by atoms with Gasteiger partial charge in [0.15, 0.2) is 0 Å². The SMILES string of the molecule is COCCOCCOC.Cc1ccccc1.Cc1ccccc1.Cc1ccccc1. The van der Waals surface area contributed by atoms with Crippen molar-refractivity contribution in [3.63, 3.8) is 0 Å². The number of hydrogen-bond donors (Lipinski definition) is 0. The summed E-state index contributed by atoms with van der Waals surface area (Å²) in [6.07, 6.45) is 0. The highest BCUT2D eigenvalue weighted by atomic mass is 16.5. The van der Waals surface area contributed by atoms with Gasteiger partial charge in [0, 0.05) is 14.2 Å². The quantitative estimate of drug-likeness (QED) is 0.448. The van der Waals surface area contributed by atoms with Crippen LogP contribution in [0.2, 0.25) is 0 Å². The van der Waals surface area contributed by atoms with E-state index in [4.69, 9.17) is 14.2 Å². The van der Waals surface area contributed by atoms with Gasteiger partial charge < -0.3 is 14.2 Å². The highest BCUT2D eigenvalue weighted by Gasteiger charge is 1.84. The molecule has 0 radical (unpaired) electrons. The van der Waals surface area contributed by atoms with Crippen LogP contribution in [-0.2, 0) is 14.2 Å². The van der Waals surface area contributed by atoms with Crippen molar-refractivity contribution >= 4 is 0 Å². The van der Waals surface area contributed by atoms with Gasteiger partial charge in [-0.15, -0.1) is 0 Å². The fourth-order valence-electron chi connectivity index (χ4n) is 1.99. The lowest BCUT2D eigenvalue weighted by Gasteiger charge is -2.00. The molecule has 3 rings (SSSR count). The molecule has 3 heteroatoms. The molecule has 0 N–H and O–H groups in total. The summed E-state index contributed by atoms with van der Waals surface area (Å²) < 4.78 is 14.6. The first-order chi connectivity index (χ1) is 14.6. The lowest BCUT2D eigenvalue weighted by atomic mass is 10.2. The smallest absolute Gasteiger partial charge is 0.0701 e. The first kappa shape index (κ1) is 27.5. The van der Waals surface area contributed by atoms with E-state index in [1.165, 1.54) is 16.7 Å². The molecular formula is C27H38O3. The molecule has 0 saturated heterocycles. The molecule has 0 amide bonds. The van der Waals surface area contributed by atoms with E-state index in [-0.39, 0.29) is 0 Å². The Morgan fingerprint density at radius 1 is 0.433 bits per heavy atom. The Labute approximate surface area is 183 Å². The van der Waals surface area contributed by atoms with Crippen molar-refractivity contribution in [3.05, 3.63) is 108 Å². The molecule has 30 heavy (non-hydrogen) atoms. The average molecular weight is 411 g/mol. The van der Waals surface area contributed by atoms with Gasteiger partial charge >= 0.3 is 0 Å². The van der Waals surface area contributed by atoms with Crippen LogP contribution in [-0.4, -0.2) is 40.6 Å². The van der Waals surface area contributed by atoms with Gasteiger partial charge in [0.1, 0.15) is 0 Å². The minimum atomic E-state index is 0.653. The molecule has 0 unspecified atom stereocenters. The summed E-state index contributed by atoms with van der Waals surface area (Å²) >= 11 is 0. The molecule has 164 valence electrons. The summed E-state index contributed by atoms with van der Waals surface area (Å²) in [4.78, 5) is 0. The molecule has 0 heterocycles. The highest BCUT2D eigenvalue weighted by molar-refractivity contribution is 5.13. The number of benzene rings is 3. The second-order valence-corrected chi connectivity index (χ2v) is 6.56. The van der Waals surface area contributed by atoms with E-state index in [1.54, 1.807) is 14.2 Å². The summed E-state index contributed by atoms with van der Waals surface area (Å²) in [6, 6.07) is 30.8. The molecule has 3 aromatic rings. The summed E-state index contributed by atoms with van der Waals surface area (Å²) in [5.74, 6) is 0. The summed E-state index contributed by atoms with van der Waals surface area (Å²) in [5.41, 5.74) is 3.97. The third-order valence-corrected chi connectivity index (χ3v) is 3.68. The maximum Gasteiger partial charge on any atom is 0.0701 e. The van der Waals surface area contributed by atoms with Crippen LogP contribution in [0.5, 0.6) is 0 Å². The molecule has 0 spiro atoms.